The number of sulfonamides is 1. The standard InChI is InChI=1S/C21H24N2O6S/c1-14-9-11-23(12-10-14)30(26,27)17-6-3-15(4-7-17)21(25)29-19-13-16(28-2)5-8-18(19)20(22)24/h3-8,13-14H,9-12H2,1-2H3,(H2,22,24). The van der Waals surface area contributed by atoms with Crippen LogP contribution in [0.4, 0.5) is 0 Å². The molecular weight excluding hydrogens is 408 g/mol. The quantitative estimate of drug-likeness (QED) is 0.554. The van der Waals surface area contributed by atoms with Crippen LogP contribution in [0.2, 0.25) is 0 Å². The maximum absolute atomic E-state index is 12.8. The Morgan fingerprint density at radius 1 is 1.07 bits per heavy atom. The first-order valence-corrected chi connectivity index (χ1v) is 11.0. The molecule has 1 aliphatic rings. The Labute approximate surface area is 175 Å². The van der Waals surface area contributed by atoms with Crippen LogP contribution in [0.3, 0.4) is 0 Å². The summed E-state index contributed by atoms with van der Waals surface area (Å²) in [5.74, 6) is -0.638. The molecule has 1 amide bonds. The summed E-state index contributed by atoms with van der Waals surface area (Å²) < 4.78 is 37.5. The summed E-state index contributed by atoms with van der Waals surface area (Å²) in [6.07, 6.45) is 1.65. The summed E-state index contributed by atoms with van der Waals surface area (Å²) in [5, 5.41) is 0. The van der Waals surface area contributed by atoms with Crippen LogP contribution in [0.1, 0.15) is 40.5 Å². The van der Waals surface area contributed by atoms with Crippen molar-refractivity contribution in [3.05, 3.63) is 53.6 Å². The van der Waals surface area contributed by atoms with Gasteiger partial charge in [0.15, 0.2) is 0 Å². The zero-order valence-corrected chi connectivity index (χ0v) is 17.6. The van der Waals surface area contributed by atoms with Gasteiger partial charge in [-0.3, -0.25) is 4.79 Å². The highest BCUT2D eigenvalue weighted by molar-refractivity contribution is 7.89. The summed E-state index contributed by atoms with van der Waals surface area (Å²) in [6, 6.07) is 9.83. The molecule has 1 saturated heterocycles. The van der Waals surface area contributed by atoms with Gasteiger partial charge in [0, 0.05) is 19.2 Å². The smallest absolute Gasteiger partial charge is 0.343 e. The minimum Gasteiger partial charge on any atom is -0.497 e. The third-order valence-electron chi connectivity index (χ3n) is 5.13. The Hall–Kier alpha value is -2.91. The fraction of sp³-hybridized carbons (Fsp3) is 0.333. The second-order valence-corrected chi connectivity index (χ2v) is 9.16. The van der Waals surface area contributed by atoms with Crippen LogP contribution in [0.5, 0.6) is 11.5 Å². The van der Waals surface area contributed by atoms with Crippen molar-refractivity contribution in [3.63, 3.8) is 0 Å². The number of primary amides is 1. The van der Waals surface area contributed by atoms with Crippen molar-refractivity contribution in [3.8, 4) is 11.5 Å². The Morgan fingerprint density at radius 2 is 1.70 bits per heavy atom. The molecule has 0 spiro atoms. The van der Waals surface area contributed by atoms with E-state index in [1.165, 1.54) is 53.9 Å². The molecule has 1 fully saturated rings. The van der Waals surface area contributed by atoms with Crippen molar-refractivity contribution in [1.29, 1.82) is 0 Å². The number of amides is 1. The van der Waals surface area contributed by atoms with Crippen LogP contribution < -0.4 is 15.2 Å². The zero-order valence-electron chi connectivity index (χ0n) is 16.8. The number of ether oxygens (including phenoxy) is 2. The Kier molecular flexibility index (Phi) is 6.42. The molecule has 0 bridgehead atoms. The molecule has 2 N–H and O–H groups in total. The fourth-order valence-corrected chi connectivity index (χ4v) is 4.68. The molecule has 160 valence electrons. The number of nitrogens with zero attached hydrogens (tertiary/aromatic N) is 1. The maximum Gasteiger partial charge on any atom is 0.343 e. The summed E-state index contributed by atoms with van der Waals surface area (Å²) in [5.41, 5.74) is 5.49. The van der Waals surface area contributed by atoms with Gasteiger partial charge in [-0.25, -0.2) is 13.2 Å². The number of nitrogens with two attached hydrogens (primary N) is 1. The summed E-state index contributed by atoms with van der Waals surface area (Å²) in [7, 11) is -2.17. The second kappa shape index (κ2) is 8.85. The summed E-state index contributed by atoms with van der Waals surface area (Å²) in [4.78, 5) is 24.2. The lowest BCUT2D eigenvalue weighted by atomic mass is 10.0. The Bertz CT molecular complexity index is 1040. The van der Waals surface area contributed by atoms with Crippen molar-refractivity contribution in [2.24, 2.45) is 11.7 Å². The molecule has 1 aliphatic heterocycles. The molecule has 0 saturated carbocycles. The van der Waals surface area contributed by atoms with Crippen LogP contribution in [-0.4, -0.2) is 44.8 Å². The van der Waals surface area contributed by atoms with E-state index in [0.29, 0.717) is 24.8 Å². The lowest BCUT2D eigenvalue weighted by Crippen LogP contribution is -2.37. The number of esters is 1. The lowest BCUT2D eigenvalue weighted by molar-refractivity contribution is 0.0732. The minimum atomic E-state index is -3.61. The Balaban J connectivity index is 1.78. The molecule has 30 heavy (non-hydrogen) atoms. The predicted octanol–water partition coefficient (Wildman–Crippen LogP) is 2.43. The normalized spacial score (nSPS) is 15.5. The number of carbonyl (C=O) groups is 2. The van der Waals surface area contributed by atoms with Gasteiger partial charge in [0.1, 0.15) is 11.5 Å². The van der Waals surface area contributed by atoms with E-state index in [9.17, 15) is 18.0 Å². The van der Waals surface area contributed by atoms with Crippen LogP contribution >= 0.6 is 0 Å². The van der Waals surface area contributed by atoms with Crippen LogP contribution in [0.25, 0.3) is 0 Å². The summed E-state index contributed by atoms with van der Waals surface area (Å²) in [6.45, 7) is 3.08. The predicted molar refractivity (Wildman–Crippen MR) is 110 cm³/mol. The molecule has 0 atom stereocenters. The van der Waals surface area contributed by atoms with Crippen molar-refractivity contribution in [2.75, 3.05) is 20.2 Å². The molecule has 3 rings (SSSR count). The highest BCUT2D eigenvalue weighted by Gasteiger charge is 2.28. The molecule has 0 radical (unpaired) electrons. The Morgan fingerprint density at radius 3 is 2.27 bits per heavy atom. The van der Waals surface area contributed by atoms with E-state index in [4.69, 9.17) is 15.2 Å². The second-order valence-electron chi connectivity index (χ2n) is 7.23. The van der Waals surface area contributed by atoms with Gasteiger partial charge >= 0.3 is 5.97 Å². The lowest BCUT2D eigenvalue weighted by Gasteiger charge is -2.29. The van der Waals surface area contributed by atoms with E-state index >= 15 is 0 Å². The number of benzene rings is 2. The largest absolute Gasteiger partial charge is 0.497 e. The van der Waals surface area contributed by atoms with Gasteiger partial charge < -0.3 is 15.2 Å². The third-order valence-corrected chi connectivity index (χ3v) is 7.04. The molecule has 9 heteroatoms. The molecular formula is C21H24N2O6S. The molecule has 0 aromatic heterocycles. The fourth-order valence-electron chi connectivity index (χ4n) is 3.21. The first kappa shape index (κ1) is 21.8. The number of hydrogen-bond donors (Lipinski definition) is 1. The number of piperidine rings is 1. The van der Waals surface area contributed by atoms with Gasteiger partial charge in [-0.1, -0.05) is 6.92 Å². The van der Waals surface area contributed by atoms with Gasteiger partial charge in [-0.15, -0.1) is 0 Å². The van der Waals surface area contributed by atoms with E-state index < -0.39 is 21.9 Å². The summed E-state index contributed by atoms with van der Waals surface area (Å²) >= 11 is 0. The van der Waals surface area contributed by atoms with Crippen LogP contribution in [0, 0.1) is 5.92 Å². The molecule has 1 heterocycles. The minimum absolute atomic E-state index is 0.0303. The first-order valence-electron chi connectivity index (χ1n) is 9.52. The van der Waals surface area contributed by atoms with E-state index in [1.807, 2.05) is 0 Å². The number of hydrogen-bond acceptors (Lipinski definition) is 6. The van der Waals surface area contributed by atoms with Crippen LogP contribution in [0.15, 0.2) is 47.4 Å². The van der Waals surface area contributed by atoms with E-state index in [-0.39, 0.29) is 21.8 Å². The van der Waals surface area contributed by atoms with Gasteiger partial charge in [0.05, 0.1) is 23.1 Å². The van der Waals surface area contributed by atoms with Gasteiger partial charge in [-0.05, 0) is 55.2 Å². The zero-order chi connectivity index (χ0) is 21.9. The molecule has 0 aliphatic carbocycles. The maximum atomic E-state index is 12.8. The van der Waals surface area contributed by atoms with Gasteiger partial charge in [-0.2, -0.15) is 4.31 Å². The van der Waals surface area contributed by atoms with E-state index in [2.05, 4.69) is 6.92 Å². The van der Waals surface area contributed by atoms with Gasteiger partial charge in [0.2, 0.25) is 10.0 Å². The van der Waals surface area contributed by atoms with Gasteiger partial charge in [0.25, 0.3) is 5.91 Å². The molecule has 2 aromatic rings. The highest BCUT2D eigenvalue weighted by Crippen LogP contribution is 2.26. The van der Waals surface area contributed by atoms with E-state index in [1.54, 1.807) is 0 Å². The number of rotatable bonds is 6. The topological polar surface area (TPSA) is 116 Å². The SMILES string of the molecule is COc1ccc(C(N)=O)c(OC(=O)c2ccc(S(=O)(=O)N3CCC(C)CC3)cc2)c1. The molecule has 8 nitrogen and oxygen atoms in total. The van der Waals surface area contributed by atoms with Crippen LogP contribution in [-0.2, 0) is 10.0 Å². The average Bonchev–Trinajstić information content (AvgIpc) is 2.73. The molecule has 2 aromatic carbocycles. The first-order chi connectivity index (χ1) is 14.2. The number of methoxy groups -OCH3 is 1. The van der Waals surface area contributed by atoms with Crippen molar-refractivity contribution >= 4 is 21.9 Å². The molecule has 0 unspecified atom stereocenters. The average molecular weight is 432 g/mol. The van der Waals surface area contributed by atoms with E-state index in [0.717, 1.165) is 12.8 Å². The highest BCUT2D eigenvalue weighted by atomic mass is 32.2. The van der Waals surface area contributed by atoms with Crippen molar-refractivity contribution in [2.45, 2.75) is 24.7 Å². The van der Waals surface area contributed by atoms with Crippen molar-refractivity contribution < 1.29 is 27.5 Å². The third kappa shape index (κ3) is 4.63. The monoisotopic (exact) mass is 432 g/mol. The van der Waals surface area contributed by atoms with Crippen molar-refractivity contribution in [1.82, 2.24) is 4.31 Å². The number of carbonyl (C=O) groups excluding carboxylic acids is 2.